The van der Waals surface area contributed by atoms with Gasteiger partial charge in [-0.25, -0.2) is 0 Å². The summed E-state index contributed by atoms with van der Waals surface area (Å²) in [7, 11) is 1.60. The van der Waals surface area contributed by atoms with Crippen molar-refractivity contribution in [2.24, 2.45) is 0 Å². The average Bonchev–Trinajstić information content (AvgIpc) is 3.05. The molecule has 1 aliphatic heterocycles. The van der Waals surface area contributed by atoms with Gasteiger partial charge < -0.3 is 14.7 Å². The summed E-state index contributed by atoms with van der Waals surface area (Å²) >= 11 is 0. The van der Waals surface area contributed by atoms with E-state index in [0.29, 0.717) is 24.9 Å². The Morgan fingerprint density at radius 2 is 1.81 bits per heavy atom. The fourth-order valence-corrected chi connectivity index (χ4v) is 3.54. The first-order chi connectivity index (χ1) is 12.6. The summed E-state index contributed by atoms with van der Waals surface area (Å²) in [6, 6.07) is 17.2. The first kappa shape index (κ1) is 18.1. The molecule has 1 amide bonds. The number of carbonyl (C=O) groups excluding carboxylic acids is 1. The second kappa shape index (κ2) is 8.15. The molecule has 5 nitrogen and oxygen atoms in total. The summed E-state index contributed by atoms with van der Waals surface area (Å²) in [6.45, 7) is 0.424. The highest BCUT2D eigenvalue weighted by Gasteiger charge is 2.37. The highest BCUT2D eigenvalue weighted by atomic mass is 16.5. The van der Waals surface area contributed by atoms with E-state index in [4.69, 9.17) is 4.74 Å². The van der Waals surface area contributed by atoms with E-state index in [1.165, 1.54) is 0 Å². The SMILES string of the molecule is COC1CC(CC(=O)O)N(C(=O)c2ccccc2Cc2ccccc2)C1. The number of aliphatic carboxylic acids is 1. The number of carbonyl (C=O) groups is 2. The Morgan fingerprint density at radius 3 is 2.50 bits per heavy atom. The van der Waals surface area contributed by atoms with Crippen LogP contribution in [0.5, 0.6) is 0 Å². The molecule has 1 saturated heterocycles. The molecule has 1 N–H and O–H groups in total. The van der Waals surface area contributed by atoms with Gasteiger partial charge in [-0.05, 0) is 30.0 Å². The van der Waals surface area contributed by atoms with E-state index in [2.05, 4.69) is 0 Å². The van der Waals surface area contributed by atoms with Gasteiger partial charge in [-0.2, -0.15) is 0 Å². The van der Waals surface area contributed by atoms with E-state index < -0.39 is 5.97 Å². The Labute approximate surface area is 153 Å². The van der Waals surface area contributed by atoms with E-state index in [1.54, 1.807) is 12.0 Å². The Bertz CT molecular complexity index is 775. The van der Waals surface area contributed by atoms with E-state index in [0.717, 1.165) is 11.1 Å². The highest BCUT2D eigenvalue weighted by molar-refractivity contribution is 5.96. The third-order valence-electron chi connectivity index (χ3n) is 4.87. The monoisotopic (exact) mass is 353 g/mol. The summed E-state index contributed by atoms with van der Waals surface area (Å²) in [5.41, 5.74) is 2.70. The van der Waals surface area contributed by atoms with Gasteiger partial charge >= 0.3 is 5.97 Å². The molecule has 26 heavy (non-hydrogen) atoms. The minimum Gasteiger partial charge on any atom is -0.481 e. The summed E-state index contributed by atoms with van der Waals surface area (Å²) in [5, 5.41) is 9.17. The maximum Gasteiger partial charge on any atom is 0.305 e. The lowest BCUT2D eigenvalue weighted by atomic mass is 9.98. The average molecular weight is 353 g/mol. The molecular formula is C21H23NO4. The van der Waals surface area contributed by atoms with Crippen LogP contribution in [0.1, 0.15) is 34.3 Å². The summed E-state index contributed by atoms with van der Waals surface area (Å²) in [5.74, 6) is -1.02. The number of nitrogens with zero attached hydrogens (tertiary/aromatic N) is 1. The Balaban J connectivity index is 1.85. The predicted octanol–water partition coefficient (Wildman–Crippen LogP) is 2.98. The van der Waals surface area contributed by atoms with Crippen molar-refractivity contribution in [3.63, 3.8) is 0 Å². The number of rotatable bonds is 6. The molecule has 2 aromatic rings. The van der Waals surface area contributed by atoms with E-state index in [-0.39, 0.29) is 24.5 Å². The van der Waals surface area contributed by atoms with Crippen molar-refractivity contribution in [3.8, 4) is 0 Å². The van der Waals surface area contributed by atoms with Crippen LogP contribution in [0.4, 0.5) is 0 Å². The molecule has 3 rings (SSSR count). The number of carboxylic acid groups (broad SMARTS) is 1. The molecule has 0 aromatic heterocycles. The van der Waals surface area contributed by atoms with Crippen molar-refractivity contribution in [2.45, 2.75) is 31.4 Å². The maximum atomic E-state index is 13.2. The van der Waals surface area contributed by atoms with Crippen molar-refractivity contribution in [3.05, 3.63) is 71.3 Å². The third kappa shape index (κ3) is 4.11. The van der Waals surface area contributed by atoms with Gasteiger partial charge in [0.1, 0.15) is 0 Å². The van der Waals surface area contributed by atoms with E-state index >= 15 is 0 Å². The number of hydrogen-bond donors (Lipinski definition) is 1. The van der Waals surface area contributed by atoms with Gasteiger partial charge in [0.05, 0.1) is 12.5 Å². The summed E-state index contributed by atoms with van der Waals surface area (Å²) in [6.07, 6.45) is 1.03. The largest absolute Gasteiger partial charge is 0.481 e. The van der Waals surface area contributed by atoms with Crippen LogP contribution in [0.2, 0.25) is 0 Å². The minimum atomic E-state index is -0.901. The van der Waals surface area contributed by atoms with Gasteiger partial charge in [0.2, 0.25) is 0 Å². The molecule has 1 fully saturated rings. The van der Waals surface area contributed by atoms with Crippen LogP contribution in [-0.2, 0) is 16.0 Å². The normalized spacial score (nSPS) is 19.5. The molecule has 0 spiro atoms. The lowest BCUT2D eigenvalue weighted by Crippen LogP contribution is -2.37. The second-order valence-corrected chi connectivity index (χ2v) is 6.62. The standard InChI is InChI=1S/C21H23NO4/c1-26-18-12-17(13-20(23)24)22(14-18)21(25)19-10-6-5-9-16(19)11-15-7-3-2-4-8-15/h2-10,17-18H,11-14H2,1H3,(H,23,24). The van der Waals surface area contributed by atoms with Crippen LogP contribution in [-0.4, -0.2) is 47.7 Å². The first-order valence-corrected chi connectivity index (χ1v) is 8.76. The fourth-order valence-electron chi connectivity index (χ4n) is 3.54. The zero-order valence-electron chi connectivity index (χ0n) is 14.8. The van der Waals surface area contributed by atoms with Crippen LogP contribution in [0, 0.1) is 0 Å². The molecular weight excluding hydrogens is 330 g/mol. The molecule has 0 aliphatic carbocycles. The van der Waals surface area contributed by atoms with E-state index in [1.807, 2.05) is 54.6 Å². The van der Waals surface area contributed by atoms with Crippen molar-refractivity contribution in [1.82, 2.24) is 4.90 Å². The van der Waals surface area contributed by atoms with Crippen molar-refractivity contribution >= 4 is 11.9 Å². The molecule has 2 unspecified atom stereocenters. The zero-order valence-corrected chi connectivity index (χ0v) is 14.8. The van der Waals surface area contributed by atoms with Crippen molar-refractivity contribution in [2.75, 3.05) is 13.7 Å². The zero-order chi connectivity index (χ0) is 18.5. The molecule has 0 saturated carbocycles. The smallest absolute Gasteiger partial charge is 0.305 e. The van der Waals surface area contributed by atoms with Gasteiger partial charge in [0.25, 0.3) is 5.91 Å². The summed E-state index contributed by atoms with van der Waals surface area (Å²) in [4.78, 5) is 26.0. The molecule has 2 aromatic carbocycles. The Morgan fingerprint density at radius 1 is 1.12 bits per heavy atom. The highest BCUT2D eigenvalue weighted by Crippen LogP contribution is 2.26. The number of likely N-dealkylation sites (tertiary alicyclic amines) is 1. The van der Waals surface area contributed by atoms with Gasteiger partial charge in [-0.15, -0.1) is 0 Å². The van der Waals surface area contributed by atoms with Gasteiger partial charge in [0.15, 0.2) is 0 Å². The van der Waals surface area contributed by atoms with Gasteiger partial charge in [-0.1, -0.05) is 48.5 Å². The molecule has 2 atom stereocenters. The molecule has 1 heterocycles. The van der Waals surface area contributed by atoms with Crippen LogP contribution in [0.3, 0.4) is 0 Å². The quantitative estimate of drug-likeness (QED) is 0.867. The first-order valence-electron chi connectivity index (χ1n) is 8.76. The molecule has 1 aliphatic rings. The van der Waals surface area contributed by atoms with Crippen LogP contribution < -0.4 is 0 Å². The van der Waals surface area contributed by atoms with Crippen LogP contribution in [0.15, 0.2) is 54.6 Å². The van der Waals surface area contributed by atoms with Crippen LogP contribution in [0.25, 0.3) is 0 Å². The molecule has 0 bridgehead atoms. The molecule has 5 heteroatoms. The lowest BCUT2D eigenvalue weighted by Gasteiger charge is -2.24. The predicted molar refractivity (Wildman–Crippen MR) is 98.2 cm³/mol. The van der Waals surface area contributed by atoms with Gasteiger partial charge in [-0.3, -0.25) is 9.59 Å². The number of benzene rings is 2. The molecule has 136 valence electrons. The topological polar surface area (TPSA) is 66.8 Å². The summed E-state index contributed by atoms with van der Waals surface area (Å²) < 4.78 is 5.38. The van der Waals surface area contributed by atoms with Crippen LogP contribution >= 0.6 is 0 Å². The number of ether oxygens (including phenoxy) is 1. The number of amides is 1. The Kier molecular flexibility index (Phi) is 5.68. The maximum absolute atomic E-state index is 13.2. The van der Waals surface area contributed by atoms with Crippen molar-refractivity contribution in [1.29, 1.82) is 0 Å². The lowest BCUT2D eigenvalue weighted by molar-refractivity contribution is -0.137. The third-order valence-corrected chi connectivity index (χ3v) is 4.87. The molecule has 0 radical (unpaired) electrons. The minimum absolute atomic E-state index is 0.0630. The van der Waals surface area contributed by atoms with Gasteiger partial charge in [0, 0.05) is 25.3 Å². The number of carboxylic acids is 1. The van der Waals surface area contributed by atoms with E-state index in [9.17, 15) is 14.7 Å². The Hall–Kier alpha value is -2.66. The van der Waals surface area contributed by atoms with Crippen molar-refractivity contribution < 1.29 is 19.4 Å². The number of methoxy groups -OCH3 is 1. The number of hydrogen-bond acceptors (Lipinski definition) is 3. The fraction of sp³-hybridized carbons (Fsp3) is 0.333. The second-order valence-electron chi connectivity index (χ2n) is 6.62.